The van der Waals surface area contributed by atoms with Crippen LogP contribution in [0.4, 0.5) is 11.4 Å². The van der Waals surface area contributed by atoms with Crippen LogP contribution in [0.1, 0.15) is 42.5 Å². The van der Waals surface area contributed by atoms with E-state index in [4.69, 9.17) is 11.5 Å². The molecule has 0 heterocycles. The van der Waals surface area contributed by atoms with Crippen molar-refractivity contribution in [3.8, 4) is 0 Å². The number of hydrogen-bond acceptors (Lipinski definition) is 2. The number of nitrogen functional groups attached to an aromatic ring is 2. The minimum absolute atomic E-state index is 0.187. The molecule has 4 N–H and O–H groups in total. The maximum Gasteiger partial charge on any atom is 0.0591 e. The van der Waals surface area contributed by atoms with Crippen LogP contribution in [0.25, 0.3) is 0 Å². The molecule has 2 heteroatoms. The van der Waals surface area contributed by atoms with Crippen molar-refractivity contribution in [3.63, 3.8) is 0 Å². The molecule has 1 aromatic carbocycles. The molecule has 0 saturated heterocycles. The molecule has 0 saturated carbocycles. The summed E-state index contributed by atoms with van der Waals surface area (Å²) in [6.07, 6.45) is 2.32. The number of rotatable bonds is 0. The Kier molecular flexibility index (Phi) is 2.00. The second-order valence-corrected chi connectivity index (χ2v) is 5.31. The normalized spacial score (nSPS) is 17.9. The Labute approximate surface area is 91.7 Å². The fourth-order valence-corrected chi connectivity index (χ4v) is 2.76. The lowest BCUT2D eigenvalue weighted by Gasteiger charge is -2.23. The second kappa shape index (κ2) is 2.91. The lowest BCUT2D eigenvalue weighted by Crippen LogP contribution is -2.16. The summed E-state index contributed by atoms with van der Waals surface area (Å²) in [6.45, 7) is 8.73. The summed E-state index contributed by atoms with van der Waals surface area (Å²) in [5, 5.41) is 0. The van der Waals surface area contributed by atoms with Gasteiger partial charge in [0.15, 0.2) is 0 Å². The fourth-order valence-electron chi connectivity index (χ4n) is 2.76. The third kappa shape index (κ3) is 1.24. The van der Waals surface area contributed by atoms with Gasteiger partial charge in [-0.15, -0.1) is 0 Å². The van der Waals surface area contributed by atoms with Crippen LogP contribution in [-0.4, -0.2) is 0 Å². The van der Waals surface area contributed by atoms with Crippen LogP contribution >= 0.6 is 0 Å². The standard InChI is InChI=1S/C13H20N2/c1-7-8(2)11(14)12(15)10-9(7)5-6-13(10,3)4/h5-6,14-15H2,1-4H3. The lowest BCUT2D eigenvalue weighted by atomic mass is 9.83. The minimum Gasteiger partial charge on any atom is -0.397 e. The average Bonchev–Trinajstić information content (AvgIpc) is 2.48. The Morgan fingerprint density at radius 3 is 2.20 bits per heavy atom. The van der Waals surface area contributed by atoms with E-state index in [0.29, 0.717) is 0 Å². The number of fused-ring (bicyclic) bond motifs is 1. The van der Waals surface area contributed by atoms with Gasteiger partial charge in [0, 0.05) is 0 Å². The minimum atomic E-state index is 0.187. The molecule has 0 amide bonds. The molecule has 2 rings (SSSR count). The Morgan fingerprint density at radius 1 is 1.00 bits per heavy atom. The van der Waals surface area contributed by atoms with Gasteiger partial charge in [0.2, 0.25) is 0 Å². The van der Waals surface area contributed by atoms with Crippen LogP contribution in [0.2, 0.25) is 0 Å². The zero-order valence-corrected chi connectivity index (χ0v) is 10.1. The van der Waals surface area contributed by atoms with Crippen molar-refractivity contribution in [1.29, 1.82) is 0 Å². The van der Waals surface area contributed by atoms with Crippen molar-refractivity contribution in [3.05, 3.63) is 22.3 Å². The number of hydrogen-bond donors (Lipinski definition) is 2. The van der Waals surface area contributed by atoms with Crippen LogP contribution < -0.4 is 11.5 Å². The first-order chi connectivity index (χ1) is 6.86. The van der Waals surface area contributed by atoms with Crippen molar-refractivity contribution in [2.75, 3.05) is 11.5 Å². The molecule has 0 unspecified atom stereocenters. The highest BCUT2D eigenvalue weighted by Crippen LogP contribution is 2.46. The second-order valence-electron chi connectivity index (χ2n) is 5.31. The highest BCUT2D eigenvalue weighted by atomic mass is 14.7. The molecule has 0 bridgehead atoms. The van der Waals surface area contributed by atoms with E-state index in [1.165, 1.54) is 23.1 Å². The predicted octanol–water partition coefficient (Wildman–Crippen LogP) is 2.69. The maximum absolute atomic E-state index is 6.15. The summed E-state index contributed by atoms with van der Waals surface area (Å²) in [5.41, 5.74) is 19.2. The average molecular weight is 204 g/mol. The molecule has 82 valence electrons. The van der Waals surface area contributed by atoms with E-state index in [1.54, 1.807) is 0 Å². The van der Waals surface area contributed by atoms with Gasteiger partial charge in [-0.1, -0.05) is 13.8 Å². The Bertz CT molecular complexity index is 431. The third-order valence-electron chi connectivity index (χ3n) is 3.96. The van der Waals surface area contributed by atoms with E-state index in [0.717, 1.165) is 23.4 Å². The van der Waals surface area contributed by atoms with E-state index in [2.05, 4.69) is 27.7 Å². The van der Waals surface area contributed by atoms with Crippen LogP contribution in [0.15, 0.2) is 0 Å². The molecule has 1 aliphatic rings. The van der Waals surface area contributed by atoms with Crippen LogP contribution in [0.5, 0.6) is 0 Å². The summed E-state index contributed by atoms with van der Waals surface area (Å²) < 4.78 is 0. The molecule has 0 radical (unpaired) electrons. The molecule has 15 heavy (non-hydrogen) atoms. The SMILES string of the molecule is Cc1c(C)c2c(c(N)c1N)C(C)(C)CC2. The Morgan fingerprint density at radius 2 is 1.60 bits per heavy atom. The smallest absolute Gasteiger partial charge is 0.0591 e. The van der Waals surface area contributed by atoms with Gasteiger partial charge in [0.1, 0.15) is 0 Å². The van der Waals surface area contributed by atoms with Gasteiger partial charge in [-0.2, -0.15) is 0 Å². The number of benzene rings is 1. The van der Waals surface area contributed by atoms with Crippen molar-refractivity contribution in [2.24, 2.45) is 0 Å². The number of anilines is 2. The number of nitrogens with two attached hydrogens (primary N) is 2. The zero-order valence-electron chi connectivity index (χ0n) is 10.1. The van der Waals surface area contributed by atoms with Gasteiger partial charge >= 0.3 is 0 Å². The first kappa shape index (κ1) is 10.3. The van der Waals surface area contributed by atoms with Gasteiger partial charge in [0.25, 0.3) is 0 Å². The quantitative estimate of drug-likeness (QED) is 0.638. The maximum atomic E-state index is 6.15. The van der Waals surface area contributed by atoms with E-state index in [9.17, 15) is 0 Å². The van der Waals surface area contributed by atoms with Gasteiger partial charge in [-0.05, 0) is 54.4 Å². The summed E-state index contributed by atoms with van der Waals surface area (Å²) in [5.74, 6) is 0. The van der Waals surface area contributed by atoms with E-state index in [-0.39, 0.29) is 5.41 Å². The highest BCUT2D eigenvalue weighted by Gasteiger charge is 2.34. The fraction of sp³-hybridized carbons (Fsp3) is 0.538. The van der Waals surface area contributed by atoms with Crippen LogP contribution in [-0.2, 0) is 11.8 Å². The molecule has 0 aliphatic heterocycles. The van der Waals surface area contributed by atoms with Crippen molar-refractivity contribution < 1.29 is 0 Å². The molecule has 1 aliphatic carbocycles. The topological polar surface area (TPSA) is 52.0 Å². The predicted molar refractivity (Wildman–Crippen MR) is 66.1 cm³/mol. The molecular formula is C13H20N2. The van der Waals surface area contributed by atoms with Gasteiger partial charge in [-0.3, -0.25) is 0 Å². The highest BCUT2D eigenvalue weighted by molar-refractivity contribution is 5.77. The third-order valence-corrected chi connectivity index (χ3v) is 3.96. The largest absolute Gasteiger partial charge is 0.397 e. The molecule has 1 aromatic rings. The van der Waals surface area contributed by atoms with E-state index in [1.807, 2.05) is 0 Å². The Balaban J connectivity index is 2.82. The monoisotopic (exact) mass is 204 g/mol. The molecule has 0 fully saturated rings. The molecule has 0 aromatic heterocycles. The summed E-state index contributed by atoms with van der Waals surface area (Å²) in [7, 11) is 0. The summed E-state index contributed by atoms with van der Waals surface area (Å²) in [4.78, 5) is 0. The molecule has 2 nitrogen and oxygen atoms in total. The first-order valence-electron chi connectivity index (χ1n) is 5.53. The van der Waals surface area contributed by atoms with Gasteiger partial charge in [-0.25, -0.2) is 0 Å². The van der Waals surface area contributed by atoms with E-state index >= 15 is 0 Å². The van der Waals surface area contributed by atoms with Crippen molar-refractivity contribution in [2.45, 2.75) is 46.0 Å². The van der Waals surface area contributed by atoms with Crippen molar-refractivity contribution in [1.82, 2.24) is 0 Å². The van der Waals surface area contributed by atoms with Crippen molar-refractivity contribution >= 4 is 11.4 Å². The molecular weight excluding hydrogens is 184 g/mol. The molecule has 0 spiro atoms. The summed E-state index contributed by atoms with van der Waals surface area (Å²) in [6, 6.07) is 0. The first-order valence-corrected chi connectivity index (χ1v) is 5.53. The van der Waals surface area contributed by atoms with Gasteiger partial charge in [0.05, 0.1) is 11.4 Å². The summed E-state index contributed by atoms with van der Waals surface area (Å²) >= 11 is 0. The Hall–Kier alpha value is -1.18. The lowest BCUT2D eigenvalue weighted by molar-refractivity contribution is 0.524. The van der Waals surface area contributed by atoms with Crippen LogP contribution in [0, 0.1) is 13.8 Å². The zero-order chi connectivity index (χ0) is 11.4. The van der Waals surface area contributed by atoms with Gasteiger partial charge < -0.3 is 11.5 Å². The van der Waals surface area contributed by atoms with E-state index < -0.39 is 0 Å². The van der Waals surface area contributed by atoms with Crippen LogP contribution in [0.3, 0.4) is 0 Å². The molecule has 0 atom stereocenters.